The standard InChI is InChI=1S/C18H31N5O2/c1-18(2,3)25-17(24)21(4)14-7-6-10-23(11-14)12-15-19-20-16(22(15)5)13-8-9-13/h13-14H,6-12H2,1-5H3. The zero-order valence-electron chi connectivity index (χ0n) is 16.2. The van der Waals surface area contributed by atoms with Gasteiger partial charge in [-0.25, -0.2) is 4.79 Å². The second kappa shape index (κ2) is 6.94. The van der Waals surface area contributed by atoms with E-state index in [4.69, 9.17) is 4.74 Å². The average molecular weight is 349 g/mol. The Hall–Kier alpha value is -1.63. The Kier molecular flexibility index (Phi) is 5.04. The van der Waals surface area contributed by atoms with Gasteiger partial charge in [-0.2, -0.15) is 0 Å². The summed E-state index contributed by atoms with van der Waals surface area (Å²) in [6.45, 7) is 8.37. The maximum absolute atomic E-state index is 12.3. The van der Waals surface area contributed by atoms with Gasteiger partial charge in [-0.1, -0.05) is 0 Å². The third-order valence-electron chi connectivity index (χ3n) is 5.02. The van der Waals surface area contributed by atoms with E-state index in [1.807, 2.05) is 27.8 Å². The van der Waals surface area contributed by atoms with Gasteiger partial charge in [0, 0.05) is 32.6 Å². The highest BCUT2D eigenvalue weighted by molar-refractivity contribution is 5.68. The van der Waals surface area contributed by atoms with Gasteiger partial charge in [0.05, 0.1) is 6.54 Å². The highest BCUT2D eigenvalue weighted by Crippen LogP contribution is 2.38. The quantitative estimate of drug-likeness (QED) is 0.836. The number of ether oxygens (including phenoxy) is 1. The number of aromatic nitrogens is 3. The molecule has 1 atom stereocenters. The lowest BCUT2D eigenvalue weighted by atomic mass is 10.0. The van der Waals surface area contributed by atoms with Crippen LogP contribution in [0.15, 0.2) is 0 Å². The largest absolute Gasteiger partial charge is 0.444 e. The first-order valence-corrected chi connectivity index (χ1v) is 9.31. The van der Waals surface area contributed by atoms with Crippen molar-refractivity contribution in [1.82, 2.24) is 24.6 Å². The summed E-state index contributed by atoms with van der Waals surface area (Å²) < 4.78 is 7.66. The zero-order chi connectivity index (χ0) is 18.2. The second-order valence-corrected chi connectivity index (χ2v) is 8.43. The Morgan fingerprint density at radius 1 is 1.28 bits per heavy atom. The molecule has 7 nitrogen and oxygen atoms in total. The molecule has 25 heavy (non-hydrogen) atoms. The number of likely N-dealkylation sites (N-methyl/N-ethyl adjacent to an activating group) is 1. The van der Waals surface area contributed by atoms with Crippen LogP contribution in [0.1, 0.15) is 64.0 Å². The average Bonchev–Trinajstić information content (AvgIpc) is 3.31. The van der Waals surface area contributed by atoms with Crippen molar-refractivity contribution in [3.8, 4) is 0 Å². The van der Waals surface area contributed by atoms with Crippen LogP contribution in [-0.4, -0.2) is 62.4 Å². The van der Waals surface area contributed by atoms with Crippen molar-refractivity contribution in [1.29, 1.82) is 0 Å². The Labute approximate surface area is 150 Å². The molecular formula is C18H31N5O2. The topological polar surface area (TPSA) is 63.5 Å². The molecular weight excluding hydrogens is 318 g/mol. The van der Waals surface area contributed by atoms with Gasteiger partial charge >= 0.3 is 6.09 Å². The number of likely N-dealkylation sites (tertiary alicyclic amines) is 1. The predicted molar refractivity (Wildman–Crippen MR) is 95.3 cm³/mol. The fourth-order valence-electron chi connectivity index (χ4n) is 3.38. The molecule has 0 spiro atoms. The maximum atomic E-state index is 12.3. The molecule has 1 saturated heterocycles. The van der Waals surface area contributed by atoms with E-state index < -0.39 is 5.60 Å². The minimum absolute atomic E-state index is 0.180. The van der Waals surface area contributed by atoms with E-state index in [-0.39, 0.29) is 12.1 Å². The molecule has 1 aromatic heterocycles. The van der Waals surface area contributed by atoms with E-state index >= 15 is 0 Å². The molecule has 140 valence electrons. The van der Waals surface area contributed by atoms with E-state index in [0.29, 0.717) is 5.92 Å². The molecule has 2 fully saturated rings. The van der Waals surface area contributed by atoms with Crippen LogP contribution in [-0.2, 0) is 18.3 Å². The van der Waals surface area contributed by atoms with Gasteiger partial charge in [0.15, 0.2) is 0 Å². The molecule has 1 aliphatic carbocycles. The number of amides is 1. The highest BCUT2D eigenvalue weighted by atomic mass is 16.6. The summed E-state index contributed by atoms with van der Waals surface area (Å²) in [6, 6.07) is 0.180. The van der Waals surface area contributed by atoms with Crippen molar-refractivity contribution in [3.63, 3.8) is 0 Å². The van der Waals surface area contributed by atoms with Crippen LogP contribution in [0.25, 0.3) is 0 Å². The van der Waals surface area contributed by atoms with Gasteiger partial charge in [-0.05, 0) is 53.0 Å². The maximum Gasteiger partial charge on any atom is 0.410 e. The van der Waals surface area contributed by atoms with E-state index in [1.54, 1.807) is 4.90 Å². The molecule has 2 aliphatic rings. The Balaban J connectivity index is 1.58. The summed E-state index contributed by atoms with van der Waals surface area (Å²) in [4.78, 5) is 16.4. The second-order valence-electron chi connectivity index (χ2n) is 8.43. The van der Waals surface area contributed by atoms with Gasteiger partial charge in [-0.15, -0.1) is 10.2 Å². The van der Waals surface area contributed by atoms with E-state index in [2.05, 4.69) is 26.7 Å². The minimum Gasteiger partial charge on any atom is -0.444 e. The fraction of sp³-hybridized carbons (Fsp3) is 0.833. The fourth-order valence-corrected chi connectivity index (χ4v) is 3.38. The van der Waals surface area contributed by atoms with Crippen LogP contribution in [0, 0.1) is 0 Å². The molecule has 7 heteroatoms. The Morgan fingerprint density at radius 3 is 2.64 bits per heavy atom. The number of carbonyl (C=O) groups excluding carboxylic acids is 1. The summed E-state index contributed by atoms with van der Waals surface area (Å²) in [5.41, 5.74) is -0.461. The number of hydrogen-bond acceptors (Lipinski definition) is 5. The number of rotatable bonds is 4. The number of hydrogen-bond donors (Lipinski definition) is 0. The predicted octanol–water partition coefficient (Wildman–Crippen LogP) is 2.52. The van der Waals surface area contributed by atoms with Gasteiger partial charge in [0.1, 0.15) is 17.2 Å². The molecule has 3 rings (SSSR count). The van der Waals surface area contributed by atoms with Crippen LogP contribution >= 0.6 is 0 Å². The molecule has 2 heterocycles. The van der Waals surface area contributed by atoms with Gasteiger partial charge in [-0.3, -0.25) is 4.90 Å². The first-order valence-electron chi connectivity index (χ1n) is 9.31. The third kappa shape index (κ3) is 4.51. The molecule has 1 aromatic rings. The summed E-state index contributed by atoms with van der Waals surface area (Å²) in [7, 11) is 3.91. The van der Waals surface area contributed by atoms with Crippen molar-refractivity contribution in [2.45, 2.75) is 70.6 Å². The molecule has 0 aromatic carbocycles. The molecule has 1 amide bonds. The van der Waals surface area contributed by atoms with Crippen LogP contribution in [0.5, 0.6) is 0 Å². The van der Waals surface area contributed by atoms with E-state index in [9.17, 15) is 4.79 Å². The third-order valence-corrected chi connectivity index (χ3v) is 5.02. The summed E-state index contributed by atoms with van der Waals surface area (Å²) in [5.74, 6) is 2.75. The van der Waals surface area contributed by atoms with E-state index in [0.717, 1.165) is 44.1 Å². The van der Waals surface area contributed by atoms with Crippen molar-refractivity contribution in [3.05, 3.63) is 11.6 Å². The molecule has 1 unspecified atom stereocenters. The Morgan fingerprint density at radius 2 is 2.00 bits per heavy atom. The van der Waals surface area contributed by atoms with Crippen molar-refractivity contribution in [2.75, 3.05) is 20.1 Å². The molecule has 0 bridgehead atoms. The van der Waals surface area contributed by atoms with Crippen LogP contribution in [0.3, 0.4) is 0 Å². The SMILES string of the molecule is CN(C(=O)OC(C)(C)C)C1CCCN(Cc2nnc(C3CC3)n2C)C1. The number of piperidine rings is 1. The van der Waals surface area contributed by atoms with Crippen molar-refractivity contribution in [2.24, 2.45) is 7.05 Å². The smallest absolute Gasteiger partial charge is 0.410 e. The number of nitrogens with zero attached hydrogens (tertiary/aromatic N) is 5. The minimum atomic E-state index is -0.461. The molecule has 1 saturated carbocycles. The van der Waals surface area contributed by atoms with E-state index in [1.165, 1.54) is 12.8 Å². The lowest BCUT2D eigenvalue weighted by Gasteiger charge is -2.37. The molecule has 0 radical (unpaired) electrons. The monoisotopic (exact) mass is 349 g/mol. The number of carbonyl (C=O) groups is 1. The van der Waals surface area contributed by atoms with Gasteiger partial charge in [0.2, 0.25) is 0 Å². The highest BCUT2D eigenvalue weighted by Gasteiger charge is 2.31. The van der Waals surface area contributed by atoms with Crippen molar-refractivity contribution >= 4 is 6.09 Å². The molecule has 1 aliphatic heterocycles. The van der Waals surface area contributed by atoms with Crippen LogP contribution < -0.4 is 0 Å². The lowest BCUT2D eigenvalue weighted by molar-refractivity contribution is 0.0127. The van der Waals surface area contributed by atoms with Gasteiger partial charge in [0.25, 0.3) is 0 Å². The first-order chi connectivity index (χ1) is 11.7. The lowest BCUT2D eigenvalue weighted by Crippen LogP contribution is -2.49. The van der Waals surface area contributed by atoms with Gasteiger partial charge < -0.3 is 14.2 Å². The summed E-state index contributed by atoms with van der Waals surface area (Å²) in [5, 5.41) is 8.76. The van der Waals surface area contributed by atoms with Crippen LogP contribution in [0.2, 0.25) is 0 Å². The first kappa shape index (κ1) is 18.2. The summed E-state index contributed by atoms with van der Waals surface area (Å²) in [6.07, 6.45) is 4.31. The van der Waals surface area contributed by atoms with Crippen molar-refractivity contribution < 1.29 is 9.53 Å². The zero-order valence-corrected chi connectivity index (χ0v) is 16.2. The van der Waals surface area contributed by atoms with Crippen LogP contribution in [0.4, 0.5) is 4.79 Å². The molecule has 0 N–H and O–H groups in total. The Bertz CT molecular complexity index is 617. The normalized spacial score (nSPS) is 22.0. The summed E-state index contributed by atoms with van der Waals surface area (Å²) >= 11 is 0.